The molecule has 0 saturated heterocycles. The van der Waals surface area contributed by atoms with Crippen LogP contribution in [-0.2, 0) is 17.1 Å². The molecule has 0 saturated carbocycles. The van der Waals surface area contributed by atoms with Crippen molar-refractivity contribution < 1.29 is 18.7 Å². The third-order valence-electron chi connectivity index (χ3n) is 2.11. The van der Waals surface area contributed by atoms with Crippen molar-refractivity contribution in [2.24, 2.45) is 0 Å². The quantitative estimate of drug-likeness (QED) is 0.835. The Balaban J connectivity index is 3.24. The number of halogens is 3. The number of aliphatic carboxylic acids is 1. The highest BCUT2D eigenvalue weighted by molar-refractivity contribution is 6.17. The number of nitrogens with zero attached hydrogens (tertiary/aromatic N) is 1. The third kappa shape index (κ3) is 2.88. The second-order valence-electron chi connectivity index (χ2n) is 3.30. The monoisotopic (exact) mass is 249 g/mol. The van der Waals surface area contributed by atoms with Crippen molar-refractivity contribution in [3.05, 3.63) is 28.6 Å². The number of carbonyl (C=O) groups is 1. The molecule has 1 aromatic heterocycles. The van der Waals surface area contributed by atoms with E-state index in [-0.39, 0.29) is 11.4 Å². The summed E-state index contributed by atoms with van der Waals surface area (Å²) in [6.45, 7) is 1.66. The second-order valence-corrected chi connectivity index (χ2v) is 3.57. The van der Waals surface area contributed by atoms with Gasteiger partial charge in [-0.25, -0.2) is 8.78 Å². The fraction of sp³-hybridized carbons (Fsp3) is 0.400. The van der Waals surface area contributed by atoms with Crippen LogP contribution in [0.15, 0.2) is 6.07 Å². The van der Waals surface area contributed by atoms with Crippen LogP contribution in [0, 0.1) is 6.92 Å². The molecule has 0 spiro atoms. The van der Waals surface area contributed by atoms with Crippen LogP contribution in [0.5, 0.6) is 0 Å². The summed E-state index contributed by atoms with van der Waals surface area (Å²) in [5.41, 5.74) is 0.513. The van der Waals surface area contributed by atoms with Crippen LogP contribution in [0.3, 0.4) is 0 Å². The van der Waals surface area contributed by atoms with E-state index in [4.69, 9.17) is 16.7 Å². The number of aromatic nitrogens is 1. The average Bonchev–Trinajstić information content (AvgIpc) is 2.16. The smallest absolute Gasteiger partial charge is 0.307 e. The maximum Gasteiger partial charge on any atom is 0.307 e. The summed E-state index contributed by atoms with van der Waals surface area (Å²) in [7, 11) is 0. The average molecular weight is 250 g/mol. The van der Waals surface area contributed by atoms with Gasteiger partial charge >= 0.3 is 5.97 Å². The third-order valence-corrected chi connectivity index (χ3v) is 2.36. The standard InChI is InChI=1S/C10H10ClF2NO2/c1-5-2-6(3-8(15)16)9(10(12)13)14-7(5)4-11/h2,10H,3-4H2,1H3,(H,15,16). The summed E-state index contributed by atoms with van der Waals surface area (Å²) in [6, 6.07) is 1.40. The number of carboxylic acids is 1. The van der Waals surface area contributed by atoms with Crippen molar-refractivity contribution in [1.82, 2.24) is 4.98 Å². The Kier molecular flexibility index (Phi) is 4.18. The van der Waals surface area contributed by atoms with Crippen molar-refractivity contribution in [3.8, 4) is 0 Å². The lowest BCUT2D eigenvalue weighted by Crippen LogP contribution is -2.08. The molecular formula is C10H10ClF2NO2. The van der Waals surface area contributed by atoms with Crippen LogP contribution in [0.1, 0.15) is 28.9 Å². The van der Waals surface area contributed by atoms with Gasteiger partial charge < -0.3 is 5.11 Å². The molecule has 1 N–H and O–H groups in total. The molecule has 1 heterocycles. The summed E-state index contributed by atoms with van der Waals surface area (Å²) in [5, 5.41) is 8.59. The van der Waals surface area contributed by atoms with Crippen LogP contribution in [0.4, 0.5) is 8.78 Å². The fourth-order valence-corrected chi connectivity index (χ4v) is 1.62. The van der Waals surface area contributed by atoms with Crippen molar-refractivity contribution in [2.75, 3.05) is 0 Å². The van der Waals surface area contributed by atoms with E-state index in [1.165, 1.54) is 6.07 Å². The lowest BCUT2D eigenvalue weighted by Gasteiger charge is -2.10. The van der Waals surface area contributed by atoms with Crippen molar-refractivity contribution >= 4 is 17.6 Å². The van der Waals surface area contributed by atoms with Gasteiger partial charge in [-0.1, -0.05) is 6.07 Å². The van der Waals surface area contributed by atoms with Gasteiger partial charge in [0.05, 0.1) is 18.0 Å². The molecule has 3 nitrogen and oxygen atoms in total. The van der Waals surface area contributed by atoms with Gasteiger partial charge in [-0.2, -0.15) is 0 Å². The maximum absolute atomic E-state index is 12.6. The van der Waals surface area contributed by atoms with Gasteiger partial charge in [-0.15, -0.1) is 11.6 Å². The Bertz CT molecular complexity index is 410. The number of pyridine rings is 1. The number of carboxylic acid groups (broad SMARTS) is 1. The molecule has 0 aliphatic rings. The van der Waals surface area contributed by atoms with Gasteiger partial charge in [-0.3, -0.25) is 9.78 Å². The molecule has 0 bridgehead atoms. The SMILES string of the molecule is Cc1cc(CC(=O)O)c(C(F)F)nc1CCl. The molecular weight excluding hydrogens is 240 g/mol. The zero-order chi connectivity index (χ0) is 12.3. The summed E-state index contributed by atoms with van der Waals surface area (Å²) in [4.78, 5) is 14.2. The lowest BCUT2D eigenvalue weighted by atomic mass is 10.1. The van der Waals surface area contributed by atoms with Gasteiger partial charge in [0, 0.05) is 0 Å². The first-order valence-electron chi connectivity index (χ1n) is 4.51. The minimum Gasteiger partial charge on any atom is -0.481 e. The molecule has 16 heavy (non-hydrogen) atoms. The highest BCUT2D eigenvalue weighted by atomic mass is 35.5. The maximum atomic E-state index is 12.6. The predicted molar refractivity (Wildman–Crippen MR) is 54.8 cm³/mol. The van der Waals surface area contributed by atoms with E-state index in [0.29, 0.717) is 11.3 Å². The van der Waals surface area contributed by atoms with E-state index in [1.807, 2.05) is 0 Å². The van der Waals surface area contributed by atoms with E-state index in [2.05, 4.69) is 4.98 Å². The number of rotatable bonds is 4. The van der Waals surface area contributed by atoms with Crippen LogP contribution < -0.4 is 0 Å². The van der Waals surface area contributed by atoms with E-state index in [9.17, 15) is 13.6 Å². The van der Waals surface area contributed by atoms with Gasteiger partial charge in [-0.05, 0) is 18.1 Å². The van der Waals surface area contributed by atoms with E-state index < -0.39 is 24.5 Å². The summed E-state index contributed by atoms with van der Waals surface area (Å²) in [6.07, 6.45) is -3.26. The molecule has 6 heteroatoms. The number of aryl methyl sites for hydroxylation is 1. The molecule has 0 fully saturated rings. The Morgan fingerprint density at radius 2 is 2.25 bits per heavy atom. The van der Waals surface area contributed by atoms with E-state index >= 15 is 0 Å². The first kappa shape index (κ1) is 12.8. The van der Waals surface area contributed by atoms with Crippen molar-refractivity contribution in [2.45, 2.75) is 25.7 Å². The van der Waals surface area contributed by atoms with Crippen LogP contribution >= 0.6 is 11.6 Å². The van der Waals surface area contributed by atoms with Gasteiger partial charge in [0.2, 0.25) is 0 Å². The second kappa shape index (κ2) is 5.21. The predicted octanol–water partition coefficient (Wildman–Crippen LogP) is 2.69. The minimum absolute atomic E-state index is 0.0267. The number of alkyl halides is 3. The van der Waals surface area contributed by atoms with Crippen LogP contribution in [-0.4, -0.2) is 16.1 Å². The minimum atomic E-state index is -2.79. The Hall–Kier alpha value is -1.23. The highest BCUT2D eigenvalue weighted by Crippen LogP contribution is 2.24. The molecule has 0 aromatic carbocycles. The summed E-state index contributed by atoms with van der Waals surface area (Å²) >= 11 is 5.54. The van der Waals surface area contributed by atoms with Gasteiger partial charge in [0.15, 0.2) is 0 Å². The Morgan fingerprint density at radius 1 is 1.62 bits per heavy atom. The normalized spacial score (nSPS) is 10.8. The molecule has 0 radical (unpaired) electrons. The Labute approximate surface area is 96.1 Å². The number of hydrogen-bond donors (Lipinski definition) is 1. The lowest BCUT2D eigenvalue weighted by molar-refractivity contribution is -0.136. The molecule has 1 rings (SSSR count). The topological polar surface area (TPSA) is 50.2 Å². The molecule has 0 atom stereocenters. The zero-order valence-electron chi connectivity index (χ0n) is 8.51. The highest BCUT2D eigenvalue weighted by Gasteiger charge is 2.18. The molecule has 88 valence electrons. The zero-order valence-corrected chi connectivity index (χ0v) is 9.26. The molecule has 0 aliphatic carbocycles. The van der Waals surface area contributed by atoms with Crippen LogP contribution in [0.2, 0.25) is 0 Å². The van der Waals surface area contributed by atoms with Crippen molar-refractivity contribution in [3.63, 3.8) is 0 Å². The first-order valence-corrected chi connectivity index (χ1v) is 5.04. The fourth-order valence-electron chi connectivity index (χ4n) is 1.35. The Morgan fingerprint density at radius 3 is 2.69 bits per heavy atom. The summed E-state index contributed by atoms with van der Waals surface area (Å²) in [5.74, 6) is -1.14. The molecule has 0 unspecified atom stereocenters. The van der Waals surface area contributed by atoms with Gasteiger partial charge in [0.25, 0.3) is 6.43 Å². The molecule has 0 amide bonds. The first-order chi connectivity index (χ1) is 7.45. The largest absolute Gasteiger partial charge is 0.481 e. The molecule has 1 aromatic rings. The van der Waals surface area contributed by atoms with E-state index in [0.717, 1.165) is 0 Å². The van der Waals surface area contributed by atoms with E-state index in [1.54, 1.807) is 6.92 Å². The van der Waals surface area contributed by atoms with Gasteiger partial charge in [0.1, 0.15) is 5.69 Å². The van der Waals surface area contributed by atoms with Crippen molar-refractivity contribution in [1.29, 1.82) is 0 Å². The molecule has 0 aliphatic heterocycles. The summed E-state index contributed by atoms with van der Waals surface area (Å²) < 4.78 is 25.3. The number of hydrogen-bond acceptors (Lipinski definition) is 2. The van der Waals surface area contributed by atoms with Crippen LogP contribution in [0.25, 0.3) is 0 Å².